The van der Waals surface area contributed by atoms with Crippen LogP contribution in [0.3, 0.4) is 0 Å². The number of ether oxygens (including phenoxy) is 9. The van der Waals surface area contributed by atoms with Crippen molar-refractivity contribution < 1.29 is 133 Å². The first-order chi connectivity index (χ1) is 38.6. The molecule has 16 atom stereocenters. The summed E-state index contributed by atoms with van der Waals surface area (Å²) in [7, 11) is 0. The van der Waals surface area contributed by atoms with Crippen molar-refractivity contribution in [3.8, 4) is 0 Å². The van der Waals surface area contributed by atoms with E-state index in [0.29, 0.717) is 25.8 Å². The van der Waals surface area contributed by atoms with Gasteiger partial charge in [-0.05, 0) is 39.2 Å². The molecule has 3 saturated heterocycles. The molecule has 0 bridgehead atoms. The van der Waals surface area contributed by atoms with Crippen molar-refractivity contribution in [1.82, 2.24) is 16.0 Å². The van der Waals surface area contributed by atoms with Crippen molar-refractivity contribution in [3.05, 3.63) is 0 Å². The van der Waals surface area contributed by atoms with E-state index in [9.17, 15) is 90.0 Å². The Balaban J connectivity index is 1.67. The molecule has 0 radical (unpaired) electrons. The fraction of sp³-hybridized carbons (Fsp3) is 0.880. The highest BCUT2D eigenvalue weighted by molar-refractivity contribution is 5.89. The van der Waals surface area contributed by atoms with Crippen LogP contribution in [0.1, 0.15) is 77.6 Å². The molecule has 0 spiro atoms. The van der Waals surface area contributed by atoms with Gasteiger partial charge in [-0.25, -0.2) is 0 Å². The molecule has 0 aromatic rings. The largest absolute Gasteiger partial charge is 0.394 e. The number of amides is 3. The maximum absolute atomic E-state index is 13.8. The molecule has 0 unspecified atom stereocenters. The highest BCUT2D eigenvalue weighted by Gasteiger charge is 2.46. The van der Waals surface area contributed by atoms with Crippen LogP contribution >= 0.6 is 0 Å². The molecule has 3 rings (SSSR count). The molecule has 81 heavy (non-hydrogen) atoms. The summed E-state index contributed by atoms with van der Waals surface area (Å²) in [4.78, 5) is 77.8. The molecular formula is C50H88N4O27. The number of nitrogens with one attached hydrogen (secondary N) is 3. The summed E-state index contributed by atoms with van der Waals surface area (Å²) in [5.74, 6) is -2.64. The Bertz CT molecular complexity index is 1700. The number of nitrogens with two attached hydrogens (primary N) is 1. The van der Waals surface area contributed by atoms with Gasteiger partial charge in [-0.3, -0.25) is 28.8 Å². The third kappa shape index (κ3) is 25.0. The lowest BCUT2D eigenvalue weighted by Crippen LogP contribution is -2.59. The van der Waals surface area contributed by atoms with Crippen LogP contribution in [0.2, 0.25) is 0 Å². The van der Waals surface area contributed by atoms with Crippen molar-refractivity contribution in [1.29, 1.82) is 0 Å². The number of rotatable bonds is 42. The maximum Gasteiger partial charge on any atom is 0.222 e. The highest BCUT2D eigenvalue weighted by atomic mass is 16.7. The quantitative estimate of drug-likeness (QED) is 0.0252. The lowest BCUT2D eigenvalue weighted by Gasteiger charge is -2.39. The Morgan fingerprint density at radius 2 is 0.901 bits per heavy atom. The summed E-state index contributed by atoms with van der Waals surface area (Å²) < 4.78 is 50.1. The zero-order chi connectivity index (χ0) is 60.1. The number of aliphatic hydroxyl groups is 12. The molecule has 3 fully saturated rings. The highest BCUT2D eigenvalue weighted by Crippen LogP contribution is 2.28. The molecule has 3 aliphatic rings. The second kappa shape index (κ2) is 38.5. The van der Waals surface area contributed by atoms with Crippen LogP contribution in [0, 0.1) is 5.41 Å². The number of carbonyl (C=O) groups is 6. The van der Waals surface area contributed by atoms with Gasteiger partial charge < -0.3 is 126 Å². The molecule has 0 aromatic heterocycles. The summed E-state index contributed by atoms with van der Waals surface area (Å²) in [6, 6.07) is -0.787. The van der Waals surface area contributed by atoms with E-state index in [1.807, 2.05) is 0 Å². The molecule has 0 aromatic carbocycles. The first-order valence-corrected chi connectivity index (χ1v) is 27.2. The van der Waals surface area contributed by atoms with Gasteiger partial charge in [0.1, 0.15) is 84.8 Å². The molecule has 31 nitrogen and oxygen atoms in total. The van der Waals surface area contributed by atoms with Crippen molar-refractivity contribution in [3.63, 3.8) is 0 Å². The lowest BCUT2D eigenvalue weighted by atomic mass is 9.84. The number of Topliss-reactive ketones (excluding diaryl/α,β-unsaturated/α-hetero) is 3. The van der Waals surface area contributed by atoms with Crippen LogP contribution in [-0.2, 0) is 71.4 Å². The van der Waals surface area contributed by atoms with Crippen LogP contribution in [-0.4, -0.2) is 293 Å². The van der Waals surface area contributed by atoms with Gasteiger partial charge in [0.25, 0.3) is 0 Å². The van der Waals surface area contributed by atoms with Gasteiger partial charge in [-0.15, -0.1) is 0 Å². The van der Waals surface area contributed by atoms with E-state index in [1.165, 1.54) is 6.92 Å². The Kier molecular flexibility index (Phi) is 34.1. The van der Waals surface area contributed by atoms with Gasteiger partial charge in [0.05, 0.1) is 85.3 Å². The normalized spacial score (nSPS) is 29.2. The summed E-state index contributed by atoms with van der Waals surface area (Å²) in [5, 5.41) is 127. The predicted molar refractivity (Wildman–Crippen MR) is 273 cm³/mol. The zero-order valence-corrected chi connectivity index (χ0v) is 45.7. The summed E-state index contributed by atoms with van der Waals surface area (Å²) in [6.07, 6.45) is -22.4. The number of hydrogen-bond acceptors (Lipinski definition) is 28. The van der Waals surface area contributed by atoms with E-state index in [-0.39, 0.29) is 135 Å². The fourth-order valence-corrected chi connectivity index (χ4v) is 8.67. The summed E-state index contributed by atoms with van der Waals surface area (Å²) in [5.41, 5.74) is 4.20. The molecule has 470 valence electrons. The average Bonchev–Trinajstić information content (AvgIpc) is 3.46. The third-order valence-electron chi connectivity index (χ3n) is 13.5. The molecule has 3 heterocycles. The molecule has 3 amide bonds. The molecule has 31 heteroatoms. The SMILES string of the molecule is CC(=O)[C@H](CCCCN)NC(=O)CCC(=O)CC(COCCC(=O)CCCO[C@H]1O[C@H](CO)[C@@H](O)[C@H](O)[C@@H]1O)(COCCC(=O)NCCO[C@H]1O[C@H](CO)[C@@H](O)[C@H](O)[C@@H]1O)COCCC(=O)NCCO[C@H]1O[C@H](CO)[C@@H](O)[C@H](O)[C@@H]1O. The van der Waals surface area contributed by atoms with Gasteiger partial charge in [0.15, 0.2) is 24.7 Å². The van der Waals surface area contributed by atoms with Crippen molar-refractivity contribution in [2.45, 2.75) is 176 Å². The molecule has 17 N–H and O–H groups in total. The standard InChI is InChI=1S/C50H88N4O27/c1-28(58)31(6-2-3-12-51)54-37(63)8-7-30(60)21-50(25-73-16-9-29(59)5-4-15-76-47-44(70)41(67)38(64)32(22-55)79-47,26-74-17-10-35(61)52-13-19-77-48-45(71)42(68)39(65)33(23-56)80-48)27-75-18-11-36(62)53-14-20-78-49-46(72)43(69)40(66)34(24-57)81-49/h31-34,38-49,55-57,64-72H,2-27,51H2,1H3,(H,52,61)(H,53,62)(H,54,63)/t31-,32+,33+,34+,38+,39+,40+,41-,42-,43-,44-,45-,46-,47-,48-,49-/m0/s1. The first kappa shape index (κ1) is 71.8. The Labute approximate surface area is 468 Å². The minimum Gasteiger partial charge on any atom is -0.394 e. The van der Waals surface area contributed by atoms with E-state index in [4.69, 9.17) is 48.4 Å². The summed E-state index contributed by atoms with van der Waals surface area (Å²) in [6.45, 7) is -2.58. The third-order valence-corrected chi connectivity index (χ3v) is 13.5. The Hall–Kier alpha value is -3.46. The van der Waals surface area contributed by atoms with Gasteiger partial charge in [0, 0.05) is 63.5 Å². The smallest absolute Gasteiger partial charge is 0.222 e. The van der Waals surface area contributed by atoms with E-state index in [1.54, 1.807) is 0 Å². The van der Waals surface area contributed by atoms with Gasteiger partial charge in [-0.2, -0.15) is 0 Å². The first-order valence-electron chi connectivity index (χ1n) is 27.2. The molecule has 3 aliphatic heterocycles. The van der Waals surface area contributed by atoms with Crippen LogP contribution < -0.4 is 21.7 Å². The van der Waals surface area contributed by atoms with Crippen LogP contribution in [0.4, 0.5) is 0 Å². The predicted octanol–water partition coefficient (Wildman–Crippen LogP) is -7.83. The Morgan fingerprint density at radius 3 is 1.31 bits per heavy atom. The molecular weight excluding hydrogens is 1090 g/mol. The van der Waals surface area contributed by atoms with E-state index >= 15 is 0 Å². The van der Waals surface area contributed by atoms with Crippen LogP contribution in [0.25, 0.3) is 0 Å². The summed E-state index contributed by atoms with van der Waals surface area (Å²) >= 11 is 0. The van der Waals surface area contributed by atoms with E-state index in [0.717, 1.165) is 0 Å². The zero-order valence-electron chi connectivity index (χ0n) is 45.7. The molecule has 0 saturated carbocycles. The van der Waals surface area contributed by atoms with Crippen molar-refractivity contribution >= 4 is 35.1 Å². The van der Waals surface area contributed by atoms with Crippen molar-refractivity contribution in [2.75, 3.05) is 98.9 Å². The fourth-order valence-electron chi connectivity index (χ4n) is 8.67. The van der Waals surface area contributed by atoms with E-state index in [2.05, 4.69) is 16.0 Å². The molecule has 0 aliphatic carbocycles. The number of carbonyl (C=O) groups excluding carboxylic acids is 6. The van der Waals surface area contributed by atoms with Crippen LogP contribution in [0.15, 0.2) is 0 Å². The van der Waals surface area contributed by atoms with Gasteiger partial charge in [0.2, 0.25) is 17.7 Å². The van der Waals surface area contributed by atoms with E-state index < -0.39 is 147 Å². The van der Waals surface area contributed by atoms with Crippen LogP contribution in [0.5, 0.6) is 0 Å². The second-order valence-corrected chi connectivity index (χ2v) is 20.2. The topological polar surface area (TPSA) is 490 Å². The number of unbranched alkanes of at least 4 members (excludes halogenated alkanes) is 1. The maximum atomic E-state index is 13.8. The number of hydrogen-bond donors (Lipinski definition) is 16. The van der Waals surface area contributed by atoms with Crippen molar-refractivity contribution in [2.24, 2.45) is 11.1 Å². The second-order valence-electron chi connectivity index (χ2n) is 20.2. The van der Waals surface area contributed by atoms with Gasteiger partial charge in [-0.1, -0.05) is 0 Å². The minimum atomic E-state index is -1.67. The lowest BCUT2D eigenvalue weighted by molar-refractivity contribution is -0.301. The number of ketones is 3. The monoisotopic (exact) mass is 1180 g/mol. The Morgan fingerprint density at radius 1 is 0.481 bits per heavy atom. The average molecular weight is 1180 g/mol. The van der Waals surface area contributed by atoms with Gasteiger partial charge >= 0.3 is 0 Å². The number of aliphatic hydroxyl groups excluding tert-OH is 12. The minimum absolute atomic E-state index is 0.0277.